The lowest BCUT2D eigenvalue weighted by molar-refractivity contribution is -0.175. The molecule has 1 aromatic carbocycles. The number of amides is 1. The number of aliphatic hydroxyl groups is 1. The van der Waals surface area contributed by atoms with Crippen molar-refractivity contribution in [3.8, 4) is 0 Å². The van der Waals surface area contributed by atoms with E-state index in [9.17, 15) is 9.90 Å². The highest BCUT2D eigenvalue weighted by atomic mass is 16.3. The Morgan fingerprint density at radius 2 is 1.96 bits per heavy atom. The third-order valence-electron chi connectivity index (χ3n) is 7.36. The first kappa shape index (κ1) is 18.1. The number of carbonyl (C=O) groups excluding carboxylic acids is 1. The molecule has 4 fully saturated rings. The molecule has 3 heterocycles. The molecule has 28 heavy (non-hydrogen) atoms. The molecule has 3 unspecified atom stereocenters. The van der Waals surface area contributed by atoms with Crippen molar-refractivity contribution < 1.29 is 9.90 Å². The standard InChI is InChI=1S/C22H30N4O2/c1-13(2)19(26-18-6-4-5-14(3)21(18)23-24-26)9-20(27)25-16-7-15-8-17(25)12-22(28,10-15)11-16/h4-6,13,15-17,19,28H,7-12H2,1-3H3. The van der Waals surface area contributed by atoms with Crippen LogP contribution < -0.4 is 0 Å². The van der Waals surface area contributed by atoms with Gasteiger partial charge in [-0.2, -0.15) is 0 Å². The van der Waals surface area contributed by atoms with Crippen LogP contribution in [0.5, 0.6) is 0 Å². The van der Waals surface area contributed by atoms with Gasteiger partial charge in [0.15, 0.2) is 0 Å². The largest absolute Gasteiger partial charge is 0.390 e. The van der Waals surface area contributed by atoms with Crippen LogP contribution in [0.15, 0.2) is 18.2 Å². The fraction of sp³-hybridized carbons (Fsp3) is 0.682. The molecule has 2 aromatic rings. The molecule has 6 heteroatoms. The number of aromatic nitrogens is 3. The Balaban J connectivity index is 1.42. The quantitative estimate of drug-likeness (QED) is 0.881. The number of rotatable bonds is 4. The van der Waals surface area contributed by atoms with Gasteiger partial charge in [0, 0.05) is 18.5 Å². The highest BCUT2D eigenvalue weighted by Gasteiger charge is 2.55. The van der Waals surface area contributed by atoms with Crippen LogP contribution in [-0.4, -0.2) is 48.6 Å². The first-order valence-electron chi connectivity index (χ1n) is 10.7. The molecule has 6 nitrogen and oxygen atoms in total. The minimum Gasteiger partial charge on any atom is -0.390 e. The Morgan fingerprint density at radius 3 is 2.61 bits per heavy atom. The van der Waals surface area contributed by atoms with E-state index in [1.165, 1.54) is 0 Å². The minimum absolute atomic E-state index is 0.0143. The van der Waals surface area contributed by atoms with E-state index in [4.69, 9.17) is 0 Å². The van der Waals surface area contributed by atoms with Crippen molar-refractivity contribution in [3.63, 3.8) is 0 Å². The lowest BCUT2D eigenvalue weighted by Crippen LogP contribution is -2.65. The summed E-state index contributed by atoms with van der Waals surface area (Å²) < 4.78 is 1.95. The van der Waals surface area contributed by atoms with E-state index in [-0.39, 0.29) is 30.0 Å². The predicted molar refractivity (Wildman–Crippen MR) is 107 cm³/mol. The monoisotopic (exact) mass is 382 g/mol. The highest BCUT2D eigenvalue weighted by Crippen LogP contribution is 2.51. The van der Waals surface area contributed by atoms with Crippen molar-refractivity contribution in [2.45, 2.75) is 83.0 Å². The fourth-order valence-electron chi connectivity index (χ4n) is 6.23. The van der Waals surface area contributed by atoms with Crippen LogP contribution in [0.25, 0.3) is 11.0 Å². The molecule has 3 atom stereocenters. The van der Waals surface area contributed by atoms with E-state index >= 15 is 0 Å². The van der Waals surface area contributed by atoms with Gasteiger partial charge < -0.3 is 10.0 Å². The van der Waals surface area contributed by atoms with Gasteiger partial charge in [-0.05, 0) is 62.5 Å². The number of aryl methyl sites for hydroxylation is 1. The number of carbonyl (C=O) groups is 1. The van der Waals surface area contributed by atoms with E-state index < -0.39 is 5.60 Å². The van der Waals surface area contributed by atoms with Crippen LogP contribution in [-0.2, 0) is 4.79 Å². The summed E-state index contributed by atoms with van der Waals surface area (Å²) in [6.07, 6.45) is 5.00. The summed E-state index contributed by atoms with van der Waals surface area (Å²) in [7, 11) is 0. The zero-order valence-corrected chi connectivity index (χ0v) is 17.0. The lowest BCUT2D eigenvalue weighted by atomic mass is 9.61. The summed E-state index contributed by atoms with van der Waals surface area (Å²) in [6, 6.07) is 6.53. The van der Waals surface area contributed by atoms with Gasteiger partial charge in [0.1, 0.15) is 5.52 Å². The van der Waals surface area contributed by atoms with Gasteiger partial charge >= 0.3 is 0 Å². The summed E-state index contributed by atoms with van der Waals surface area (Å²) in [6.45, 7) is 6.34. The van der Waals surface area contributed by atoms with Crippen LogP contribution >= 0.6 is 0 Å². The molecule has 1 N–H and O–H groups in total. The molecule has 2 aliphatic carbocycles. The van der Waals surface area contributed by atoms with E-state index in [1.807, 2.05) is 29.8 Å². The Morgan fingerprint density at radius 1 is 1.25 bits per heavy atom. The maximum absolute atomic E-state index is 13.4. The summed E-state index contributed by atoms with van der Waals surface area (Å²) in [5.74, 6) is 1.08. The maximum atomic E-state index is 13.4. The van der Waals surface area contributed by atoms with Gasteiger partial charge in [-0.3, -0.25) is 4.79 Å². The topological polar surface area (TPSA) is 71.2 Å². The van der Waals surface area contributed by atoms with Crippen LogP contribution in [0.2, 0.25) is 0 Å². The molecule has 2 saturated carbocycles. The molecule has 6 rings (SSSR count). The number of piperidine rings is 2. The molecule has 0 radical (unpaired) electrons. The van der Waals surface area contributed by atoms with E-state index in [0.717, 1.165) is 48.7 Å². The number of fused-ring (bicyclic) bond motifs is 1. The Bertz CT molecular complexity index is 904. The van der Waals surface area contributed by atoms with Crippen molar-refractivity contribution in [2.24, 2.45) is 11.8 Å². The predicted octanol–water partition coefficient (Wildman–Crippen LogP) is 3.23. The maximum Gasteiger partial charge on any atom is 0.225 e. The minimum atomic E-state index is -0.523. The van der Waals surface area contributed by atoms with Crippen molar-refractivity contribution in [3.05, 3.63) is 23.8 Å². The average molecular weight is 383 g/mol. The lowest BCUT2D eigenvalue weighted by Gasteiger charge is -2.59. The molecule has 4 aliphatic rings. The number of hydrogen-bond donors (Lipinski definition) is 1. The second-order valence-corrected chi connectivity index (χ2v) is 9.77. The first-order chi connectivity index (χ1) is 13.3. The smallest absolute Gasteiger partial charge is 0.225 e. The molecule has 4 bridgehead atoms. The molecule has 0 spiro atoms. The molecular formula is C22H30N4O2. The van der Waals surface area contributed by atoms with Crippen molar-refractivity contribution in [2.75, 3.05) is 0 Å². The van der Waals surface area contributed by atoms with E-state index in [0.29, 0.717) is 12.3 Å². The number of benzene rings is 1. The second kappa shape index (κ2) is 6.28. The van der Waals surface area contributed by atoms with Crippen molar-refractivity contribution in [1.82, 2.24) is 19.9 Å². The van der Waals surface area contributed by atoms with Gasteiger partial charge in [-0.15, -0.1) is 5.10 Å². The molecule has 150 valence electrons. The summed E-state index contributed by atoms with van der Waals surface area (Å²) >= 11 is 0. The summed E-state index contributed by atoms with van der Waals surface area (Å²) in [4.78, 5) is 15.6. The van der Waals surface area contributed by atoms with Gasteiger partial charge in [0.2, 0.25) is 5.91 Å². The third kappa shape index (κ3) is 2.76. The summed E-state index contributed by atoms with van der Waals surface area (Å²) in [5, 5.41) is 19.6. The van der Waals surface area contributed by atoms with Gasteiger partial charge in [-0.25, -0.2) is 4.68 Å². The third-order valence-corrected chi connectivity index (χ3v) is 7.36. The van der Waals surface area contributed by atoms with Crippen LogP contribution in [0.1, 0.15) is 64.0 Å². The van der Waals surface area contributed by atoms with Crippen molar-refractivity contribution >= 4 is 16.9 Å². The average Bonchev–Trinajstić information content (AvgIpc) is 3.02. The molecular weight excluding hydrogens is 352 g/mol. The number of nitrogens with zero attached hydrogens (tertiary/aromatic N) is 4. The van der Waals surface area contributed by atoms with Crippen LogP contribution in [0.4, 0.5) is 0 Å². The molecule has 1 aromatic heterocycles. The van der Waals surface area contributed by atoms with E-state index in [2.05, 4.69) is 29.1 Å². The van der Waals surface area contributed by atoms with Gasteiger partial charge in [0.05, 0.1) is 17.2 Å². The molecule has 2 aliphatic heterocycles. The Hall–Kier alpha value is -1.95. The van der Waals surface area contributed by atoms with Crippen molar-refractivity contribution in [1.29, 1.82) is 0 Å². The van der Waals surface area contributed by atoms with Crippen LogP contribution in [0, 0.1) is 18.8 Å². The molecule has 2 saturated heterocycles. The Kier molecular flexibility index (Phi) is 4.06. The van der Waals surface area contributed by atoms with Crippen LogP contribution in [0.3, 0.4) is 0 Å². The highest BCUT2D eigenvalue weighted by molar-refractivity contribution is 5.80. The number of hydrogen-bond acceptors (Lipinski definition) is 4. The normalized spacial score (nSPS) is 32.5. The zero-order chi connectivity index (χ0) is 19.6. The van der Waals surface area contributed by atoms with Gasteiger partial charge in [0.25, 0.3) is 0 Å². The zero-order valence-electron chi connectivity index (χ0n) is 17.0. The SMILES string of the molecule is Cc1cccc2c1nnn2C(CC(=O)N1C2CC3CC1CC(O)(C3)C2)C(C)C. The van der Waals surface area contributed by atoms with E-state index in [1.54, 1.807) is 0 Å². The summed E-state index contributed by atoms with van der Waals surface area (Å²) in [5.41, 5.74) is 2.50. The molecule has 1 amide bonds. The second-order valence-electron chi connectivity index (χ2n) is 9.77. The first-order valence-corrected chi connectivity index (χ1v) is 10.7. The fourth-order valence-corrected chi connectivity index (χ4v) is 6.23. The Labute approximate surface area is 165 Å². The van der Waals surface area contributed by atoms with Gasteiger partial charge in [-0.1, -0.05) is 31.2 Å².